The van der Waals surface area contributed by atoms with Crippen molar-refractivity contribution in [3.8, 4) is 5.82 Å². The van der Waals surface area contributed by atoms with Gasteiger partial charge in [0.25, 0.3) is 0 Å². The van der Waals surface area contributed by atoms with Gasteiger partial charge in [-0.25, -0.2) is 9.67 Å². The van der Waals surface area contributed by atoms with Gasteiger partial charge in [-0.15, -0.1) is 0 Å². The molecule has 2 heterocycles. The maximum absolute atomic E-state index is 4.67. The Morgan fingerprint density at radius 2 is 2.20 bits per heavy atom. The van der Waals surface area contributed by atoms with Crippen LogP contribution in [0.3, 0.4) is 0 Å². The third-order valence-electron chi connectivity index (χ3n) is 3.56. The molecule has 1 N–H and O–H groups in total. The van der Waals surface area contributed by atoms with E-state index in [2.05, 4.69) is 41.4 Å². The Hall–Kier alpha value is -1.68. The molecule has 106 valence electrons. The first-order valence-corrected chi connectivity index (χ1v) is 7.44. The van der Waals surface area contributed by atoms with Gasteiger partial charge in [0.05, 0.1) is 5.69 Å². The first kappa shape index (κ1) is 13.3. The number of aromatic nitrogens is 3. The molecule has 3 rings (SSSR count). The van der Waals surface area contributed by atoms with Crippen molar-refractivity contribution in [2.45, 2.75) is 39.2 Å². The molecule has 0 bridgehead atoms. The Balaban J connectivity index is 1.77. The zero-order chi connectivity index (χ0) is 13.9. The summed E-state index contributed by atoms with van der Waals surface area (Å²) in [5.41, 5.74) is 2.40. The van der Waals surface area contributed by atoms with Gasteiger partial charge in [0.1, 0.15) is 0 Å². The van der Waals surface area contributed by atoms with Gasteiger partial charge >= 0.3 is 0 Å². The Labute approximate surface area is 120 Å². The van der Waals surface area contributed by atoms with Crippen LogP contribution in [0.5, 0.6) is 0 Å². The minimum Gasteiger partial charge on any atom is -0.312 e. The van der Waals surface area contributed by atoms with Gasteiger partial charge in [-0.3, -0.25) is 0 Å². The fourth-order valence-corrected chi connectivity index (χ4v) is 2.32. The zero-order valence-electron chi connectivity index (χ0n) is 12.2. The molecule has 0 radical (unpaired) electrons. The van der Waals surface area contributed by atoms with E-state index in [-0.39, 0.29) is 0 Å². The van der Waals surface area contributed by atoms with Crippen molar-refractivity contribution in [3.05, 3.63) is 41.9 Å². The Morgan fingerprint density at radius 3 is 2.95 bits per heavy atom. The fraction of sp³-hybridized carbons (Fsp3) is 0.500. The molecule has 1 aliphatic rings. The van der Waals surface area contributed by atoms with E-state index in [1.165, 1.54) is 24.1 Å². The Morgan fingerprint density at radius 1 is 1.35 bits per heavy atom. The van der Waals surface area contributed by atoms with Gasteiger partial charge in [-0.1, -0.05) is 19.9 Å². The lowest BCUT2D eigenvalue weighted by molar-refractivity contribution is 0.550. The molecule has 4 nitrogen and oxygen atoms in total. The molecular weight excluding hydrogens is 248 g/mol. The van der Waals surface area contributed by atoms with E-state index in [9.17, 15) is 0 Å². The number of nitrogens with one attached hydrogen (secondary N) is 1. The predicted molar refractivity (Wildman–Crippen MR) is 79.9 cm³/mol. The summed E-state index contributed by atoms with van der Waals surface area (Å²) in [6.45, 7) is 6.28. The van der Waals surface area contributed by atoms with Crippen molar-refractivity contribution in [2.24, 2.45) is 5.92 Å². The van der Waals surface area contributed by atoms with E-state index in [1.54, 1.807) is 0 Å². The Bertz CT molecular complexity index is 569. The summed E-state index contributed by atoms with van der Waals surface area (Å²) in [6.07, 6.45) is 6.42. The predicted octanol–water partition coefficient (Wildman–Crippen LogP) is 2.89. The maximum Gasteiger partial charge on any atom is 0.157 e. The molecule has 0 unspecified atom stereocenters. The van der Waals surface area contributed by atoms with Gasteiger partial charge in [0.15, 0.2) is 5.82 Å². The first-order valence-electron chi connectivity index (χ1n) is 7.44. The zero-order valence-corrected chi connectivity index (χ0v) is 12.2. The van der Waals surface area contributed by atoms with E-state index in [1.807, 2.05) is 23.1 Å². The summed E-state index contributed by atoms with van der Waals surface area (Å²) in [5.74, 6) is 2.28. The molecule has 20 heavy (non-hydrogen) atoms. The number of hydrogen-bond acceptors (Lipinski definition) is 3. The lowest BCUT2D eigenvalue weighted by atomic mass is 10.2. The Kier molecular flexibility index (Phi) is 3.83. The number of pyridine rings is 1. The van der Waals surface area contributed by atoms with Crippen molar-refractivity contribution in [1.82, 2.24) is 20.1 Å². The van der Waals surface area contributed by atoms with Crippen LogP contribution in [0.25, 0.3) is 5.82 Å². The third kappa shape index (κ3) is 3.07. The minimum absolute atomic E-state index is 0.654. The van der Waals surface area contributed by atoms with E-state index in [4.69, 9.17) is 0 Å². The smallest absolute Gasteiger partial charge is 0.157 e. The highest BCUT2D eigenvalue weighted by Crippen LogP contribution is 2.39. The van der Waals surface area contributed by atoms with Crippen molar-refractivity contribution in [3.63, 3.8) is 0 Å². The van der Waals surface area contributed by atoms with Crippen molar-refractivity contribution in [1.29, 1.82) is 0 Å². The molecule has 1 saturated carbocycles. The van der Waals surface area contributed by atoms with E-state index in [0.29, 0.717) is 11.8 Å². The van der Waals surface area contributed by atoms with Crippen LogP contribution < -0.4 is 5.32 Å². The van der Waals surface area contributed by atoms with Gasteiger partial charge in [0, 0.05) is 30.4 Å². The summed E-state index contributed by atoms with van der Waals surface area (Å²) in [4.78, 5) is 4.50. The summed E-state index contributed by atoms with van der Waals surface area (Å²) >= 11 is 0. The third-order valence-corrected chi connectivity index (χ3v) is 3.56. The number of nitrogens with zero attached hydrogens (tertiary/aromatic N) is 3. The number of hydrogen-bond donors (Lipinski definition) is 1. The van der Waals surface area contributed by atoms with E-state index < -0.39 is 0 Å². The van der Waals surface area contributed by atoms with Gasteiger partial charge in [0.2, 0.25) is 0 Å². The highest BCUT2D eigenvalue weighted by molar-refractivity contribution is 5.33. The SMILES string of the molecule is CC(C)CNCc1cccnc1-n1ccc(C2CC2)n1. The van der Waals surface area contributed by atoms with Crippen molar-refractivity contribution >= 4 is 0 Å². The molecule has 0 spiro atoms. The average molecular weight is 270 g/mol. The van der Waals surface area contributed by atoms with Crippen LogP contribution in [0.4, 0.5) is 0 Å². The summed E-state index contributed by atoms with van der Waals surface area (Å²) in [5, 5.41) is 8.14. The molecule has 1 aliphatic carbocycles. The topological polar surface area (TPSA) is 42.7 Å². The lowest BCUT2D eigenvalue weighted by Crippen LogP contribution is -2.20. The molecule has 2 aromatic heterocycles. The molecule has 0 atom stereocenters. The van der Waals surface area contributed by atoms with Gasteiger partial charge < -0.3 is 5.32 Å². The number of rotatable bonds is 6. The molecule has 0 amide bonds. The monoisotopic (exact) mass is 270 g/mol. The quantitative estimate of drug-likeness (QED) is 0.877. The van der Waals surface area contributed by atoms with E-state index in [0.717, 1.165) is 18.9 Å². The van der Waals surface area contributed by atoms with Gasteiger partial charge in [-0.2, -0.15) is 5.10 Å². The first-order chi connectivity index (χ1) is 9.74. The summed E-state index contributed by atoms with van der Waals surface area (Å²) < 4.78 is 1.92. The second-order valence-electron chi connectivity index (χ2n) is 5.97. The normalized spacial score (nSPS) is 14.9. The van der Waals surface area contributed by atoms with Crippen LogP contribution in [-0.4, -0.2) is 21.3 Å². The van der Waals surface area contributed by atoms with Crippen LogP contribution in [0, 0.1) is 5.92 Å². The van der Waals surface area contributed by atoms with Crippen LogP contribution in [0.2, 0.25) is 0 Å². The molecule has 2 aromatic rings. The standard InChI is InChI=1S/C16H22N4/c1-12(2)10-17-11-14-4-3-8-18-16(14)20-9-7-15(19-20)13-5-6-13/h3-4,7-9,12-13,17H,5-6,10-11H2,1-2H3. The molecule has 4 heteroatoms. The minimum atomic E-state index is 0.654. The van der Waals surface area contributed by atoms with Crippen molar-refractivity contribution < 1.29 is 0 Å². The highest BCUT2D eigenvalue weighted by atomic mass is 15.3. The second-order valence-corrected chi connectivity index (χ2v) is 5.97. The summed E-state index contributed by atoms with van der Waals surface area (Å²) in [6, 6.07) is 6.23. The van der Waals surface area contributed by atoms with Crippen LogP contribution in [0.1, 0.15) is 43.9 Å². The average Bonchev–Trinajstić information content (AvgIpc) is 3.17. The second kappa shape index (κ2) is 5.75. The fourth-order valence-electron chi connectivity index (χ4n) is 2.32. The van der Waals surface area contributed by atoms with Crippen molar-refractivity contribution in [2.75, 3.05) is 6.54 Å². The molecule has 1 fully saturated rings. The summed E-state index contributed by atoms with van der Waals surface area (Å²) in [7, 11) is 0. The molecule has 0 aromatic carbocycles. The largest absolute Gasteiger partial charge is 0.312 e. The maximum atomic E-state index is 4.67. The molecule has 0 aliphatic heterocycles. The van der Waals surface area contributed by atoms with Crippen LogP contribution in [-0.2, 0) is 6.54 Å². The highest BCUT2D eigenvalue weighted by Gasteiger charge is 2.26. The van der Waals surface area contributed by atoms with Gasteiger partial charge in [-0.05, 0) is 37.4 Å². The van der Waals surface area contributed by atoms with Crippen LogP contribution >= 0.6 is 0 Å². The molecule has 0 saturated heterocycles. The van der Waals surface area contributed by atoms with E-state index >= 15 is 0 Å². The lowest BCUT2D eigenvalue weighted by Gasteiger charge is -2.11. The van der Waals surface area contributed by atoms with Crippen LogP contribution in [0.15, 0.2) is 30.6 Å². The molecular formula is C16H22N4.